The first kappa shape index (κ1) is 14.2. The second kappa shape index (κ2) is 6.15. The van der Waals surface area contributed by atoms with Gasteiger partial charge in [-0.05, 0) is 48.3 Å². The minimum atomic E-state index is -0.487. The van der Waals surface area contributed by atoms with Crippen molar-refractivity contribution in [1.82, 2.24) is 4.90 Å². The Morgan fingerprint density at radius 1 is 1.47 bits per heavy atom. The zero-order valence-electron chi connectivity index (χ0n) is 10.3. The lowest BCUT2D eigenvalue weighted by atomic mass is 10.1. The number of carbonyl (C=O) groups is 1. The third-order valence-corrected chi connectivity index (χ3v) is 3.52. The molecule has 0 aliphatic rings. The van der Waals surface area contributed by atoms with Gasteiger partial charge in [0.2, 0.25) is 0 Å². The standard InChI is InChI=1S/C13H17BrFNO/c1-4-9(3)16(5-2)13(17)10-7-6-8-11(14)12(10)15/h6-9H,4-5H2,1-3H3. The van der Waals surface area contributed by atoms with Crippen LogP contribution in [0.15, 0.2) is 22.7 Å². The minimum absolute atomic E-state index is 0.117. The van der Waals surface area contributed by atoms with Gasteiger partial charge in [-0.25, -0.2) is 4.39 Å². The van der Waals surface area contributed by atoms with Gasteiger partial charge in [0, 0.05) is 12.6 Å². The molecule has 0 radical (unpaired) electrons. The Labute approximate surface area is 110 Å². The molecule has 0 N–H and O–H groups in total. The summed E-state index contributed by atoms with van der Waals surface area (Å²) in [5.41, 5.74) is 0.126. The molecule has 0 saturated heterocycles. The molecule has 0 aliphatic carbocycles. The average Bonchev–Trinajstić information content (AvgIpc) is 2.33. The molecule has 1 unspecified atom stereocenters. The van der Waals surface area contributed by atoms with Crippen LogP contribution >= 0.6 is 15.9 Å². The summed E-state index contributed by atoms with van der Waals surface area (Å²) in [5.74, 6) is -0.736. The van der Waals surface area contributed by atoms with Gasteiger partial charge in [-0.3, -0.25) is 4.79 Å². The number of nitrogens with zero attached hydrogens (tertiary/aromatic N) is 1. The number of benzene rings is 1. The van der Waals surface area contributed by atoms with Crippen LogP contribution in [0, 0.1) is 5.82 Å². The van der Waals surface area contributed by atoms with Gasteiger partial charge < -0.3 is 4.90 Å². The van der Waals surface area contributed by atoms with Crippen LogP contribution in [0.4, 0.5) is 4.39 Å². The van der Waals surface area contributed by atoms with Crippen LogP contribution in [0.25, 0.3) is 0 Å². The van der Waals surface area contributed by atoms with E-state index < -0.39 is 5.82 Å². The third kappa shape index (κ3) is 3.06. The van der Waals surface area contributed by atoms with E-state index >= 15 is 0 Å². The fraction of sp³-hybridized carbons (Fsp3) is 0.462. The van der Waals surface area contributed by atoms with Gasteiger partial charge in [-0.15, -0.1) is 0 Å². The van der Waals surface area contributed by atoms with E-state index in [0.717, 1.165) is 6.42 Å². The van der Waals surface area contributed by atoms with E-state index in [9.17, 15) is 9.18 Å². The molecular formula is C13H17BrFNO. The predicted octanol–water partition coefficient (Wildman–Crippen LogP) is 3.85. The second-order valence-corrected chi connectivity index (χ2v) is 4.80. The van der Waals surface area contributed by atoms with Crippen LogP contribution in [0.1, 0.15) is 37.6 Å². The van der Waals surface area contributed by atoms with Crippen molar-refractivity contribution in [2.75, 3.05) is 6.54 Å². The summed E-state index contributed by atoms with van der Waals surface area (Å²) in [4.78, 5) is 13.9. The van der Waals surface area contributed by atoms with Crippen molar-refractivity contribution < 1.29 is 9.18 Å². The van der Waals surface area contributed by atoms with E-state index in [1.54, 1.807) is 17.0 Å². The molecule has 1 aromatic rings. The van der Waals surface area contributed by atoms with Gasteiger partial charge in [-0.1, -0.05) is 13.0 Å². The summed E-state index contributed by atoms with van der Waals surface area (Å²) in [7, 11) is 0. The summed E-state index contributed by atoms with van der Waals surface area (Å²) in [6.07, 6.45) is 0.856. The smallest absolute Gasteiger partial charge is 0.257 e. The number of hydrogen-bond donors (Lipinski definition) is 0. The number of carbonyl (C=O) groups excluding carboxylic acids is 1. The first-order valence-electron chi connectivity index (χ1n) is 5.77. The summed E-state index contributed by atoms with van der Waals surface area (Å²) in [5, 5.41) is 0. The summed E-state index contributed by atoms with van der Waals surface area (Å²) in [6, 6.07) is 4.90. The van der Waals surface area contributed by atoms with E-state index in [1.807, 2.05) is 20.8 Å². The molecule has 0 aromatic heterocycles. The Balaban J connectivity index is 3.06. The summed E-state index contributed by atoms with van der Waals surface area (Å²) < 4.78 is 14.1. The molecule has 1 amide bonds. The largest absolute Gasteiger partial charge is 0.336 e. The van der Waals surface area contributed by atoms with Crippen molar-refractivity contribution >= 4 is 21.8 Å². The molecular weight excluding hydrogens is 285 g/mol. The molecule has 1 atom stereocenters. The van der Waals surface area contributed by atoms with Gasteiger partial charge in [0.05, 0.1) is 10.0 Å². The molecule has 0 saturated carbocycles. The molecule has 0 heterocycles. The maximum absolute atomic E-state index is 13.8. The zero-order chi connectivity index (χ0) is 13.0. The Morgan fingerprint density at radius 2 is 2.12 bits per heavy atom. The highest BCUT2D eigenvalue weighted by atomic mass is 79.9. The molecule has 17 heavy (non-hydrogen) atoms. The fourth-order valence-corrected chi connectivity index (χ4v) is 2.07. The van der Waals surface area contributed by atoms with Crippen molar-refractivity contribution in [3.8, 4) is 0 Å². The lowest BCUT2D eigenvalue weighted by Crippen LogP contribution is -2.38. The molecule has 4 heteroatoms. The number of halogens is 2. The highest BCUT2D eigenvalue weighted by Gasteiger charge is 2.22. The van der Waals surface area contributed by atoms with E-state index in [4.69, 9.17) is 0 Å². The maximum atomic E-state index is 13.8. The highest BCUT2D eigenvalue weighted by molar-refractivity contribution is 9.10. The molecule has 0 bridgehead atoms. The van der Waals surface area contributed by atoms with Crippen molar-refractivity contribution in [2.45, 2.75) is 33.2 Å². The third-order valence-electron chi connectivity index (χ3n) is 2.91. The van der Waals surface area contributed by atoms with Gasteiger partial charge in [-0.2, -0.15) is 0 Å². The molecule has 0 spiro atoms. The average molecular weight is 302 g/mol. The van der Waals surface area contributed by atoms with Crippen molar-refractivity contribution in [3.63, 3.8) is 0 Å². The fourth-order valence-electron chi connectivity index (χ4n) is 1.70. The minimum Gasteiger partial charge on any atom is -0.336 e. The summed E-state index contributed by atoms with van der Waals surface area (Å²) >= 11 is 3.09. The van der Waals surface area contributed by atoms with Crippen LogP contribution in [-0.4, -0.2) is 23.4 Å². The molecule has 1 rings (SSSR count). The van der Waals surface area contributed by atoms with Crippen LogP contribution in [0.5, 0.6) is 0 Å². The Hall–Kier alpha value is -0.900. The van der Waals surface area contributed by atoms with Gasteiger partial charge in [0.25, 0.3) is 5.91 Å². The van der Waals surface area contributed by atoms with Gasteiger partial charge in [0.15, 0.2) is 0 Å². The van der Waals surface area contributed by atoms with Gasteiger partial charge >= 0.3 is 0 Å². The zero-order valence-corrected chi connectivity index (χ0v) is 11.9. The Kier molecular flexibility index (Phi) is 5.12. The summed E-state index contributed by atoms with van der Waals surface area (Å²) in [6.45, 7) is 6.47. The monoisotopic (exact) mass is 301 g/mol. The van der Waals surface area contributed by atoms with Crippen molar-refractivity contribution in [1.29, 1.82) is 0 Å². The van der Waals surface area contributed by atoms with E-state index in [0.29, 0.717) is 11.0 Å². The van der Waals surface area contributed by atoms with Crippen molar-refractivity contribution in [2.24, 2.45) is 0 Å². The lowest BCUT2D eigenvalue weighted by Gasteiger charge is -2.27. The van der Waals surface area contributed by atoms with E-state index in [2.05, 4.69) is 15.9 Å². The maximum Gasteiger partial charge on any atom is 0.257 e. The van der Waals surface area contributed by atoms with E-state index in [1.165, 1.54) is 6.07 Å². The first-order valence-corrected chi connectivity index (χ1v) is 6.57. The molecule has 2 nitrogen and oxygen atoms in total. The number of hydrogen-bond acceptors (Lipinski definition) is 1. The predicted molar refractivity (Wildman–Crippen MR) is 70.6 cm³/mol. The highest BCUT2D eigenvalue weighted by Crippen LogP contribution is 2.21. The topological polar surface area (TPSA) is 20.3 Å². The molecule has 94 valence electrons. The normalized spacial score (nSPS) is 12.3. The van der Waals surface area contributed by atoms with Crippen LogP contribution in [0.2, 0.25) is 0 Å². The van der Waals surface area contributed by atoms with E-state index in [-0.39, 0.29) is 17.5 Å². The number of rotatable bonds is 4. The lowest BCUT2D eigenvalue weighted by molar-refractivity contribution is 0.0695. The molecule has 1 aromatic carbocycles. The van der Waals surface area contributed by atoms with Gasteiger partial charge in [0.1, 0.15) is 5.82 Å². The molecule has 0 fully saturated rings. The quantitative estimate of drug-likeness (QED) is 0.827. The SMILES string of the molecule is CCC(C)N(CC)C(=O)c1cccc(Br)c1F. The Bertz CT molecular complexity index is 408. The van der Waals surface area contributed by atoms with Crippen LogP contribution in [0.3, 0.4) is 0 Å². The number of amides is 1. The van der Waals surface area contributed by atoms with Crippen molar-refractivity contribution in [3.05, 3.63) is 34.1 Å². The van der Waals surface area contributed by atoms with Crippen LogP contribution < -0.4 is 0 Å². The Morgan fingerprint density at radius 3 is 2.65 bits per heavy atom. The molecule has 0 aliphatic heterocycles. The second-order valence-electron chi connectivity index (χ2n) is 3.95. The first-order chi connectivity index (χ1) is 8.02. The van der Waals surface area contributed by atoms with Crippen LogP contribution in [-0.2, 0) is 0 Å².